The van der Waals surface area contributed by atoms with Gasteiger partial charge in [0.25, 0.3) is 5.91 Å². The zero-order valence-corrected chi connectivity index (χ0v) is 16.0. The lowest BCUT2D eigenvalue weighted by molar-refractivity contribution is 0.0916. The summed E-state index contributed by atoms with van der Waals surface area (Å²) >= 11 is 0. The molecule has 144 valence electrons. The summed E-state index contributed by atoms with van der Waals surface area (Å²) in [5, 5.41) is 13.1. The summed E-state index contributed by atoms with van der Waals surface area (Å²) in [6.07, 6.45) is 1.29. The molecule has 0 fully saturated rings. The molecule has 0 radical (unpaired) electrons. The Hall–Kier alpha value is -3.50. The lowest BCUT2D eigenvalue weighted by atomic mass is 10.00. The molecule has 29 heavy (non-hydrogen) atoms. The Morgan fingerprint density at radius 2 is 1.59 bits per heavy atom. The van der Waals surface area contributed by atoms with Crippen molar-refractivity contribution in [3.05, 3.63) is 113 Å². The topological polar surface area (TPSA) is 61.7 Å². The molecule has 4 heteroatoms. The Labute approximate surface area is 170 Å². The predicted octanol–water partition coefficient (Wildman–Crippen LogP) is 4.04. The molecule has 1 aliphatic heterocycles. The number of nitrogens with zero attached hydrogens (tertiary/aromatic N) is 1. The average molecular weight is 382 g/mol. The van der Waals surface area contributed by atoms with E-state index in [4.69, 9.17) is 0 Å². The van der Waals surface area contributed by atoms with E-state index in [9.17, 15) is 9.90 Å². The van der Waals surface area contributed by atoms with Crippen molar-refractivity contribution in [1.29, 1.82) is 0 Å². The predicted molar refractivity (Wildman–Crippen MR) is 116 cm³/mol. The fourth-order valence-electron chi connectivity index (χ4n) is 3.40. The fourth-order valence-corrected chi connectivity index (χ4v) is 3.40. The minimum Gasteiger partial charge on any atom is -0.387 e. The van der Waals surface area contributed by atoms with Crippen LogP contribution >= 0.6 is 0 Å². The molecule has 0 saturated carbocycles. The number of nitrogens with one attached hydrogen (secondary N) is 1. The first-order valence-corrected chi connectivity index (χ1v) is 9.63. The van der Waals surface area contributed by atoms with E-state index in [0.717, 1.165) is 28.0 Å². The first-order chi connectivity index (χ1) is 14.2. The average Bonchev–Trinajstić information content (AvgIpc) is 3.28. The number of amides is 1. The van der Waals surface area contributed by atoms with Crippen LogP contribution in [0.15, 0.2) is 96.0 Å². The summed E-state index contributed by atoms with van der Waals surface area (Å²) in [5.74, 6) is -0.222. The molecule has 0 spiro atoms. The third kappa shape index (κ3) is 4.33. The number of carbonyl (C=O) groups excluding carboxylic acids is 1. The number of aliphatic imine (C=N–C) groups is 1. The van der Waals surface area contributed by atoms with Gasteiger partial charge in [0, 0.05) is 17.7 Å². The second-order valence-corrected chi connectivity index (χ2v) is 6.92. The highest BCUT2D eigenvalue weighted by molar-refractivity contribution is 6.19. The molecular weight excluding hydrogens is 360 g/mol. The van der Waals surface area contributed by atoms with Crippen molar-refractivity contribution < 1.29 is 9.90 Å². The van der Waals surface area contributed by atoms with E-state index in [1.54, 1.807) is 6.07 Å². The number of aliphatic hydroxyl groups excluding tert-OH is 1. The minimum atomic E-state index is -0.749. The molecule has 0 unspecified atom stereocenters. The van der Waals surface area contributed by atoms with Gasteiger partial charge in [-0.15, -0.1) is 0 Å². The molecule has 1 aliphatic rings. The standard InChI is InChI=1S/C25H22N2O2/c28-24(19-11-5-2-6-12-19)17-27-25(29)22-14-8-7-13-21(22)23-15-20(16-26-23)18-9-3-1-4-10-18/h1-15,24,28H,16-17H2,(H,27,29)/t24-/m1/s1. The van der Waals surface area contributed by atoms with Crippen LogP contribution in [0.4, 0.5) is 0 Å². The summed E-state index contributed by atoms with van der Waals surface area (Å²) in [4.78, 5) is 17.5. The quantitative estimate of drug-likeness (QED) is 0.676. The van der Waals surface area contributed by atoms with Gasteiger partial charge in [-0.25, -0.2) is 0 Å². The highest BCUT2D eigenvalue weighted by Crippen LogP contribution is 2.23. The van der Waals surface area contributed by atoms with Gasteiger partial charge in [-0.05, 0) is 28.8 Å². The van der Waals surface area contributed by atoms with Crippen molar-refractivity contribution in [2.24, 2.45) is 4.99 Å². The Kier molecular flexibility index (Phi) is 5.63. The zero-order chi connectivity index (χ0) is 20.1. The maximum Gasteiger partial charge on any atom is 0.252 e. The lowest BCUT2D eigenvalue weighted by Gasteiger charge is -2.13. The van der Waals surface area contributed by atoms with Crippen molar-refractivity contribution >= 4 is 17.2 Å². The van der Waals surface area contributed by atoms with Crippen LogP contribution in [0.2, 0.25) is 0 Å². The van der Waals surface area contributed by atoms with Crippen LogP contribution in [0.5, 0.6) is 0 Å². The van der Waals surface area contributed by atoms with Crippen LogP contribution in [0, 0.1) is 0 Å². The second kappa shape index (κ2) is 8.67. The van der Waals surface area contributed by atoms with Crippen molar-refractivity contribution in [2.75, 3.05) is 13.1 Å². The highest BCUT2D eigenvalue weighted by Gasteiger charge is 2.18. The number of aliphatic hydroxyl groups is 1. The van der Waals surface area contributed by atoms with E-state index >= 15 is 0 Å². The van der Waals surface area contributed by atoms with Gasteiger partial charge in [0.2, 0.25) is 0 Å². The molecule has 1 atom stereocenters. The zero-order valence-electron chi connectivity index (χ0n) is 16.0. The summed E-state index contributed by atoms with van der Waals surface area (Å²) < 4.78 is 0. The van der Waals surface area contributed by atoms with Crippen LogP contribution in [0.25, 0.3) is 5.57 Å². The second-order valence-electron chi connectivity index (χ2n) is 6.92. The van der Waals surface area contributed by atoms with E-state index in [1.807, 2.05) is 72.8 Å². The van der Waals surface area contributed by atoms with Crippen molar-refractivity contribution in [3.8, 4) is 0 Å². The van der Waals surface area contributed by atoms with Crippen LogP contribution in [0.1, 0.15) is 33.2 Å². The summed E-state index contributed by atoms with van der Waals surface area (Å²) in [6, 6.07) is 26.9. The molecule has 2 N–H and O–H groups in total. The summed E-state index contributed by atoms with van der Waals surface area (Å²) in [6.45, 7) is 0.747. The van der Waals surface area contributed by atoms with Gasteiger partial charge in [0.15, 0.2) is 0 Å². The normalized spacial score (nSPS) is 14.1. The first-order valence-electron chi connectivity index (χ1n) is 9.63. The SMILES string of the molecule is O=C(NC[C@@H](O)c1ccccc1)c1ccccc1C1=NCC(c2ccccc2)=C1. The smallest absolute Gasteiger partial charge is 0.252 e. The molecule has 0 aliphatic carbocycles. The van der Waals surface area contributed by atoms with Gasteiger partial charge >= 0.3 is 0 Å². The maximum absolute atomic E-state index is 12.8. The van der Waals surface area contributed by atoms with Gasteiger partial charge in [0.05, 0.1) is 18.4 Å². The van der Waals surface area contributed by atoms with Crippen LogP contribution in [0.3, 0.4) is 0 Å². The van der Waals surface area contributed by atoms with Gasteiger partial charge in [-0.3, -0.25) is 9.79 Å². The Balaban J connectivity index is 1.50. The van der Waals surface area contributed by atoms with E-state index in [-0.39, 0.29) is 12.5 Å². The highest BCUT2D eigenvalue weighted by atomic mass is 16.3. The molecule has 1 amide bonds. The molecule has 1 heterocycles. The monoisotopic (exact) mass is 382 g/mol. The van der Waals surface area contributed by atoms with Crippen LogP contribution < -0.4 is 5.32 Å². The van der Waals surface area contributed by atoms with Crippen LogP contribution in [-0.2, 0) is 0 Å². The Bertz CT molecular complexity index is 1060. The van der Waals surface area contributed by atoms with E-state index in [2.05, 4.69) is 22.4 Å². The van der Waals surface area contributed by atoms with Gasteiger partial charge in [-0.1, -0.05) is 78.9 Å². The molecule has 3 aromatic carbocycles. The van der Waals surface area contributed by atoms with Crippen LogP contribution in [-0.4, -0.2) is 29.8 Å². The van der Waals surface area contributed by atoms with Gasteiger partial charge < -0.3 is 10.4 Å². The molecule has 0 bridgehead atoms. The molecule has 4 rings (SSSR count). The summed E-state index contributed by atoms with van der Waals surface area (Å²) in [7, 11) is 0. The number of carbonyl (C=O) groups is 1. The third-order valence-electron chi connectivity index (χ3n) is 4.96. The molecular formula is C25H22N2O2. The van der Waals surface area contributed by atoms with Crippen molar-refractivity contribution in [3.63, 3.8) is 0 Å². The Morgan fingerprint density at radius 3 is 2.34 bits per heavy atom. The molecule has 0 aromatic heterocycles. The number of hydrogen-bond acceptors (Lipinski definition) is 3. The maximum atomic E-state index is 12.8. The fraction of sp³-hybridized carbons (Fsp3) is 0.120. The van der Waals surface area contributed by atoms with Gasteiger partial charge in [0.1, 0.15) is 0 Å². The molecule has 4 nitrogen and oxygen atoms in total. The Morgan fingerprint density at radius 1 is 0.931 bits per heavy atom. The molecule has 3 aromatic rings. The van der Waals surface area contributed by atoms with Crippen molar-refractivity contribution in [1.82, 2.24) is 5.32 Å². The summed E-state index contributed by atoms with van der Waals surface area (Å²) in [5.41, 5.74) is 5.20. The van der Waals surface area contributed by atoms with Crippen molar-refractivity contribution in [2.45, 2.75) is 6.10 Å². The number of benzene rings is 3. The van der Waals surface area contributed by atoms with E-state index in [0.29, 0.717) is 12.1 Å². The van der Waals surface area contributed by atoms with E-state index in [1.165, 1.54) is 0 Å². The minimum absolute atomic E-state index is 0.148. The number of allylic oxidation sites excluding steroid dienone is 1. The van der Waals surface area contributed by atoms with Gasteiger partial charge in [-0.2, -0.15) is 0 Å². The van der Waals surface area contributed by atoms with E-state index < -0.39 is 6.10 Å². The first kappa shape index (κ1) is 18.8. The lowest BCUT2D eigenvalue weighted by Crippen LogP contribution is -2.29. The molecule has 0 saturated heterocycles. The largest absolute Gasteiger partial charge is 0.387 e. The number of hydrogen-bond donors (Lipinski definition) is 2. The third-order valence-corrected chi connectivity index (χ3v) is 4.96. The number of rotatable bonds is 6.